The Bertz CT molecular complexity index is 546. The molecule has 0 aliphatic carbocycles. The minimum Gasteiger partial charge on any atom is -0.397 e. The van der Waals surface area contributed by atoms with Gasteiger partial charge in [-0.3, -0.25) is 4.79 Å². The minimum atomic E-state index is 0.0496. The molecule has 2 bridgehead atoms. The Morgan fingerprint density at radius 1 is 1.26 bits per heavy atom. The molecule has 1 aromatic carbocycles. The van der Waals surface area contributed by atoms with Crippen molar-refractivity contribution in [2.24, 2.45) is 0 Å². The Hall–Kier alpha value is -1.75. The highest BCUT2D eigenvalue weighted by molar-refractivity contribution is 6.00. The van der Waals surface area contributed by atoms with E-state index in [2.05, 4.69) is 10.2 Å². The smallest absolute Gasteiger partial charge is 0.228 e. The van der Waals surface area contributed by atoms with Crippen molar-refractivity contribution in [2.45, 2.75) is 31.5 Å². The number of benzene rings is 1. The fraction of sp³-hybridized carbons (Fsp3) is 0.500. The number of nitrogens with two attached hydrogens (primary N) is 1. The second-order valence-electron chi connectivity index (χ2n) is 5.66. The molecule has 2 saturated heterocycles. The van der Waals surface area contributed by atoms with Crippen LogP contribution < -0.4 is 16.0 Å². The van der Waals surface area contributed by atoms with Crippen LogP contribution in [-0.2, 0) is 16.0 Å². The second-order valence-corrected chi connectivity index (χ2v) is 5.66. The van der Waals surface area contributed by atoms with E-state index in [9.17, 15) is 4.79 Å². The van der Waals surface area contributed by atoms with Crippen LogP contribution >= 0.6 is 0 Å². The van der Waals surface area contributed by atoms with Crippen LogP contribution in [0.4, 0.5) is 17.1 Å². The first-order chi connectivity index (χ1) is 9.19. The Kier molecular flexibility index (Phi) is 2.26. The van der Waals surface area contributed by atoms with E-state index in [1.165, 1.54) is 0 Å². The van der Waals surface area contributed by atoms with Crippen LogP contribution in [0.5, 0.6) is 0 Å². The second kappa shape index (κ2) is 3.87. The predicted molar refractivity (Wildman–Crippen MR) is 73.3 cm³/mol. The summed E-state index contributed by atoms with van der Waals surface area (Å²) in [4.78, 5) is 13.7. The molecular formula is C14H17N3O2. The first-order valence-electron chi connectivity index (χ1n) is 6.82. The van der Waals surface area contributed by atoms with E-state index in [0.29, 0.717) is 18.6 Å². The van der Waals surface area contributed by atoms with Crippen LogP contribution in [0.1, 0.15) is 18.4 Å². The first kappa shape index (κ1) is 11.1. The van der Waals surface area contributed by atoms with Crippen molar-refractivity contribution >= 4 is 23.0 Å². The zero-order valence-electron chi connectivity index (χ0n) is 10.7. The number of nitrogen functional groups attached to an aromatic ring is 1. The highest BCUT2D eigenvalue weighted by atomic mass is 16.5. The van der Waals surface area contributed by atoms with E-state index >= 15 is 0 Å². The molecule has 3 N–H and O–H groups in total. The highest BCUT2D eigenvalue weighted by Gasteiger charge is 2.34. The highest BCUT2D eigenvalue weighted by Crippen LogP contribution is 2.37. The van der Waals surface area contributed by atoms with E-state index in [1.54, 1.807) is 0 Å². The Morgan fingerprint density at radius 3 is 2.74 bits per heavy atom. The molecule has 2 unspecified atom stereocenters. The van der Waals surface area contributed by atoms with Crippen molar-refractivity contribution in [2.75, 3.05) is 29.0 Å². The van der Waals surface area contributed by atoms with Gasteiger partial charge in [0.05, 0.1) is 30.0 Å². The number of hydrogen-bond acceptors (Lipinski definition) is 4. The quantitative estimate of drug-likeness (QED) is 0.742. The van der Waals surface area contributed by atoms with Gasteiger partial charge in [-0.1, -0.05) is 0 Å². The fourth-order valence-electron chi connectivity index (χ4n) is 3.37. The number of rotatable bonds is 1. The number of ether oxygens (including phenoxy) is 1. The number of amides is 1. The zero-order valence-corrected chi connectivity index (χ0v) is 10.7. The maximum atomic E-state index is 11.4. The Labute approximate surface area is 111 Å². The summed E-state index contributed by atoms with van der Waals surface area (Å²) in [6.07, 6.45) is 3.39. The van der Waals surface area contributed by atoms with E-state index < -0.39 is 0 Å². The number of fused-ring (bicyclic) bond motifs is 3. The van der Waals surface area contributed by atoms with Gasteiger partial charge in [0.2, 0.25) is 5.91 Å². The van der Waals surface area contributed by atoms with Gasteiger partial charge < -0.3 is 20.7 Å². The largest absolute Gasteiger partial charge is 0.397 e. The van der Waals surface area contributed by atoms with Gasteiger partial charge in [-0.15, -0.1) is 0 Å². The molecule has 0 saturated carbocycles. The summed E-state index contributed by atoms with van der Waals surface area (Å²) in [6, 6.07) is 3.94. The SMILES string of the molecule is Nc1cc2c(cc1N1CC3CCC(C1)O3)NC(=O)C2. The van der Waals surface area contributed by atoms with Gasteiger partial charge in [-0.05, 0) is 30.5 Å². The van der Waals surface area contributed by atoms with Crippen LogP contribution in [0.25, 0.3) is 0 Å². The van der Waals surface area contributed by atoms with E-state index in [0.717, 1.165) is 48.6 Å². The molecule has 3 aliphatic heterocycles. The molecule has 0 radical (unpaired) electrons. The lowest BCUT2D eigenvalue weighted by Crippen LogP contribution is -2.42. The third-order valence-electron chi connectivity index (χ3n) is 4.26. The molecule has 2 fully saturated rings. The van der Waals surface area contributed by atoms with Crippen LogP contribution in [0.3, 0.4) is 0 Å². The van der Waals surface area contributed by atoms with Crippen molar-refractivity contribution in [3.05, 3.63) is 17.7 Å². The molecule has 3 aliphatic rings. The van der Waals surface area contributed by atoms with Crippen LogP contribution in [0.15, 0.2) is 12.1 Å². The normalized spacial score (nSPS) is 28.4. The van der Waals surface area contributed by atoms with Crippen LogP contribution in [-0.4, -0.2) is 31.2 Å². The average molecular weight is 259 g/mol. The molecule has 19 heavy (non-hydrogen) atoms. The average Bonchev–Trinajstić information content (AvgIpc) is 2.89. The summed E-state index contributed by atoms with van der Waals surface area (Å²) in [7, 11) is 0. The van der Waals surface area contributed by atoms with Gasteiger partial charge in [0.25, 0.3) is 0 Å². The maximum absolute atomic E-state index is 11.4. The number of hydrogen-bond donors (Lipinski definition) is 2. The fourth-order valence-corrected chi connectivity index (χ4v) is 3.37. The zero-order chi connectivity index (χ0) is 13.0. The Morgan fingerprint density at radius 2 is 2.00 bits per heavy atom. The first-order valence-corrected chi connectivity index (χ1v) is 6.82. The molecule has 4 rings (SSSR count). The van der Waals surface area contributed by atoms with Gasteiger partial charge in [0.15, 0.2) is 0 Å². The van der Waals surface area contributed by atoms with Crippen molar-refractivity contribution in [3.8, 4) is 0 Å². The number of carbonyl (C=O) groups excluding carboxylic acids is 1. The summed E-state index contributed by atoms with van der Waals surface area (Å²) >= 11 is 0. The van der Waals surface area contributed by atoms with Gasteiger partial charge in [0.1, 0.15) is 0 Å². The van der Waals surface area contributed by atoms with Crippen LogP contribution in [0.2, 0.25) is 0 Å². The molecule has 100 valence electrons. The molecule has 2 atom stereocenters. The molecule has 0 spiro atoms. The topological polar surface area (TPSA) is 67.6 Å². The van der Waals surface area contributed by atoms with E-state index in [4.69, 9.17) is 10.5 Å². The summed E-state index contributed by atoms with van der Waals surface area (Å²) in [6.45, 7) is 1.79. The number of anilines is 3. The summed E-state index contributed by atoms with van der Waals surface area (Å²) < 4.78 is 5.85. The van der Waals surface area contributed by atoms with E-state index in [1.807, 2.05) is 12.1 Å². The standard InChI is InChI=1S/C14H17N3O2/c15-11-3-8-4-14(18)16-12(8)5-13(11)17-6-9-1-2-10(7-17)19-9/h3,5,9-10H,1-2,4,6-7,15H2,(H,16,18). The maximum Gasteiger partial charge on any atom is 0.228 e. The third-order valence-corrected chi connectivity index (χ3v) is 4.26. The summed E-state index contributed by atoms with van der Waals surface area (Å²) in [5.41, 5.74) is 9.86. The van der Waals surface area contributed by atoms with Gasteiger partial charge in [-0.2, -0.15) is 0 Å². The monoisotopic (exact) mass is 259 g/mol. The molecule has 1 amide bonds. The minimum absolute atomic E-state index is 0.0496. The van der Waals surface area contributed by atoms with Gasteiger partial charge in [-0.25, -0.2) is 0 Å². The van der Waals surface area contributed by atoms with Crippen molar-refractivity contribution in [3.63, 3.8) is 0 Å². The third kappa shape index (κ3) is 1.76. The predicted octanol–water partition coefficient (Wildman–Crippen LogP) is 1.13. The summed E-state index contributed by atoms with van der Waals surface area (Å²) in [5.74, 6) is 0.0496. The lowest BCUT2D eigenvalue weighted by molar-refractivity contribution is -0.115. The molecule has 1 aromatic rings. The van der Waals surface area contributed by atoms with Crippen LogP contribution in [0, 0.1) is 0 Å². The molecule has 0 aromatic heterocycles. The lowest BCUT2D eigenvalue weighted by Gasteiger charge is -2.34. The molecule has 3 heterocycles. The van der Waals surface area contributed by atoms with Crippen molar-refractivity contribution in [1.82, 2.24) is 0 Å². The number of morpholine rings is 1. The molecule has 5 nitrogen and oxygen atoms in total. The lowest BCUT2D eigenvalue weighted by atomic mass is 10.1. The number of carbonyl (C=O) groups is 1. The number of nitrogens with zero attached hydrogens (tertiary/aromatic N) is 1. The van der Waals surface area contributed by atoms with Crippen molar-refractivity contribution in [1.29, 1.82) is 0 Å². The summed E-state index contributed by atoms with van der Waals surface area (Å²) in [5, 5.41) is 2.89. The number of nitrogens with one attached hydrogen (secondary N) is 1. The van der Waals surface area contributed by atoms with Crippen molar-refractivity contribution < 1.29 is 9.53 Å². The van der Waals surface area contributed by atoms with E-state index in [-0.39, 0.29) is 5.91 Å². The van der Waals surface area contributed by atoms with Gasteiger partial charge >= 0.3 is 0 Å². The Balaban J connectivity index is 1.68. The molecular weight excluding hydrogens is 242 g/mol. The molecule has 5 heteroatoms. The van der Waals surface area contributed by atoms with Gasteiger partial charge in [0, 0.05) is 18.8 Å².